The van der Waals surface area contributed by atoms with Crippen molar-refractivity contribution in [3.8, 4) is 33.9 Å². The highest BCUT2D eigenvalue weighted by Gasteiger charge is 2.14. The third-order valence-electron chi connectivity index (χ3n) is 5.50. The van der Waals surface area contributed by atoms with E-state index in [1.54, 1.807) is 11.3 Å². The van der Waals surface area contributed by atoms with Crippen LogP contribution in [0.3, 0.4) is 0 Å². The summed E-state index contributed by atoms with van der Waals surface area (Å²) in [7, 11) is 0. The van der Waals surface area contributed by atoms with E-state index < -0.39 is 0 Å². The van der Waals surface area contributed by atoms with Gasteiger partial charge in [-0.25, -0.2) is 15.0 Å². The molecule has 3 nitrogen and oxygen atoms in total. The number of halogens is 1. The summed E-state index contributed by atoms with van der Waals surface area (Å²) in [6.45, 7) is 0. The van der Waals surface area contributed by atoms with Gasteiger partial charge in [-0.05, 0) is 23.3 Å². The molecule has 4 aromatic carbocycles. The average molecular weight is 541 g/mol. The molecule has 0 fully saturated rings. The Morgan fingerprint density at radius 1 is 0.531 bits per heavy atom. The van der Waals surface area contributed by atoms with Crippen molar-refractivity contribution in [3.63, 3.8) is 0 Å². The van der Waals surface area contributed by atoms with Crippen LogP contribution in [0.5, 0.6) is 0 Å². The average Bonchev–Trinajstić information content (AvgIpc) is 3.22. The largest absolute Gasteiger partial charge is 0.208 e. The molecule has 32 heavy (non-hydrogen) atoms. The standard InChI is InChI=1S/C27H16IN3S/c28-27-30-25(18-14-15-21-20-11-6-7-13-23(20)32-24(21)16-18)29-26(31-27)22-12-5-4-10-19(22)17-8-2-1-3-9-17/h1-16H. The molecule has 0 atom stereocenters. The summed E-state index contributed by atoms with van der Waals surface area (Å²) in [6, 6.07) is 33.6. The Morgan fingerprint density at radius 2 is 1.22 bits per heavy atom. The summed E-state index contributed by atoms with van der Waals surface area (Å²) in [6.07, 6.45) is 0. The van der Waals surface area contributed by atoms with Gasteiger partial charge in [0.05, 0.1) is 0 Å². The number of aromatic nitrogens is 3. The number of hydrogen-bond donors (Lipinski definition) is 0. The Hall–Kier alpha value is -3.16. The molecule has 2 aromatic heterocycles. The number of hydrogen-bond acceptors (Lipinski definition) is 4. The van der Waals surface area contributed by atoms with Crippen molar-refractivity contribution in [2.24, 2.45) is 0 Å². The van der Waals surface area contributed by atoms with E-state index in [4.69, 9.17) is 4.98 Å². The highest BCUT2D eigenvalue weighted by Crippen LogP contribution is 2.36. The molecule has 0 bridgehead atoms. The normalized spacial score (nSPS) is 11.3. The maximum Gasteiger partial charge on any atom is 0.194 e. The summed E-state index contributed by atoms with van der Waals surface area (Å²) in [5, 5.41) is 2.56. The first-order valence-corrected chi connectivity index (χ1v) is 12.1. The number of fused-ring (bicyclic) bond motifs is 3. The molecule has 0 N–H and O–H groups in total. The molecule has 0 amide bonds. The quantitative estimate of drug-likeness (QED) is 0.214. The molecular weight excluding hydrogens is 525 g/mol. The predicted octanol–water partition coefficient (Wildman–Crippen LogP) is 7.85. The highest BCUT2D eigenvalue weighted by molar-refractivity contribution is 14.1. The van der Waals surface area contributed by atoms with Crippen molar-refractivity contribution < 1.29 is 0 Å². The van der Waals surface area contributed by atoms with Gasteiger partial charge in [-0.2, -0.15) is 0 Å². The highest BCUT2D eigenvalue weighted by atomic mass is 127. The van der Waals surface area contributed by atoms with Crippen LogP contribution in [0, 0.1) is 3.83 Å². The molecule has 0 spiro atoms. The van der Waals surface area contributed by atoms with Gasteiger partial charge in [-0.3, -0.25) is 0 Å². The van der Waals surface area contributed by atoms with Crippen LogP contribution in [-0.4, -0.2) is 15.0 Å². The molecule has 152 valence electrons. The molecule has 0 unspecified atom stereocenters. The van der Waals surface area contributed by atoms with E-state index in [9.17, 15) is 0 Å². The molecule has 0 aliphatic rings. The first-order chi connectivity index (χ1) is 15.8. The maximum atomic E-state index is 4.90. The zero-order valence-corrected chi connectivity index (χ0v) is 19.8. The Kier molecular flexibility index (Phi) is 4.92. The SMILES string of the molecule is Ic1nc(-c2ccc3c(c2)sc2ccccc23)nc(-c2ccccc2-c2ccccc2)n1. The fraction of sp³-hybridized carbons (Fsp3) is 0. The third kappa shape index (κ3) is 3.47. The summed E-state index contributed by atoms with van der Waals surface area (Å²) in [4.78, 5) is 14.2. The van der Waals surface area contributed by atoms with Gasteiger partial charge in [0.1, 0.15) is 0 Å². The summed E-state index contributed by atoms with van der Waals surface area (Å²) in [5.74, 6) is 1.39. The van der Waals surface area contributed by atoms with Crippen molar-refractivity contribution in [2.45, 2.75) is 0 Å². The second-order valence-electron chi connectivity index (χ2n) is 7.47. The predicted molar refractivity (Wildman–Crippen MR) is 142 cm³/mol. The molecule has 0 saturated carbocycles. The monoisotopic (exact) mass is 541 g/mol. The zero-order valence-electron chi connectivity index (χ0n) is 16.9. The lowest BCUT2D eigenvalue weighted by Gasteiger charge is -2.10. The van der Waals surface area contributed by atoms with Crippen molar-refractivity contribution in [1.82, 2.24) is 15.0 Å². The van der Waals surface area contributed by atoms with Crippen LogP contribution in [0.1, 0.15) is 0 Å². The molecule has 0 saturated heterocycles. The van der Waals surface area contributed by atoms with Gasteiger partial charge in [-0.15, -0.1) is 11.3 Å². The van der Waals surface area contributed by atoms with E-state index in [-0.39, 0.29) is 0 Å². The van der Waals surface area contributed by atoms with Crippen LogP contribution >= 0.6 is 33.9 Å². The van der Waals surface area contributed by atoms with Crippen molar-refractivity contribution in [2.75, 3.05) is 0 Å². The minimum Gasteiger partial charge on any atom is -0.208 e. The third-order valence-corrected chi connectivity index (χ3v) is 7.11. The molecule has 6 rings (SSSR count). The number of benzene rings is 4. The lowest BCUT2D eigenvalue weighted by molar-refractivity contribution is 1.02. The minimum atomic E-state index is 0.682. The second kappa shape index (κ2) is 8.07. The van der Waals surface area contributed by atoms with Crippen LogP contribution in [-0.2, 0) is 0 Å². The summed E-state index contributed by atoms with van der Waals surface area (Å²) >= 11 is 3.98. The Labute approximate surface area is 203 Å². The summed E-state index contributed by atoms with van der Waals surface area (Å²) in [5.41, 5.74) is 4.26. The second-order valence-corrected chi connectivity index (χ2v) is 9.52. The van der Waals surface area contributed by atoms with Crippen LogP contribution in [0.4, 0.5) is 0 Å². The van der Waals surface area contributed by atoms with Gasteiger partial charge in [0.15, 0.2) is 15.5 Å². The smallest absolute Gasteiger partial charge is 0.194 e. The van der Waals surface area contributed by atoms with E-state index in [1.165, 1.54) is 20.2 Å². The van der Waals surface area contributed by atoms with E-state index in [0.717, 1.165) is 22.3 Å². The van der Waals surface area contributed by atoms with Crippen LogP contribution < -0.4 is 0 Å². The maximum absolute atomic E-state index is 4.90. The lowest BCUT2D eigenvalue weighted by atomic mass is 9.99. The number of nitrogens with zero attached hydrogens (tertiary/aromatic N) is 3. The van der Waals surface area contributed by atoms with Gasteiger partial charge >= 0.3 is 0 Å². The molecule has 5 heteroatoms. The van der Waals surface area contributed by atoms with E-state index in [1.807, 2.05) is 18.2 Å². The Balaban J connectivity index is 1.50. The van der Waals surface area contributed by atoms with Gasteiger partial charge in [-0.1, -0.05) is 84.9 Å². The summed E-state index contributed by atoms with van der Waals surface area (Å²) < 4.78 is 3.22. The van der Waals surface area contributed by atoms with Crippen molar-refractivity contribution in [3.05, 3.63) is 101 Å². The first kappa shape index (κ1) is 19.5. The molecule has 0 aliphatic heterocycles. The van der Waals surface area contributed by atoms with E-state index >= 15 is 0 Å². The Morgan fingerprint density at radius 3 is 2.09 bits per heavy atom. The number of thiophene rings is 1. The topological polar surface area (TPSA) is 38.7 Å². The van der Waals surface area contributed by atoms with E-state index in [2.05, 4.69) is 111 Å². The lowest BCUT2D eigenvalue weighted by Crippen LogP contribution is -2.00. The van der Waals surface area contributed by atoms with Crippen molar-refractivity contribution >= 4 is 54.1 Å². The van der Waals surface area contributed by atoms with E-state index in [0.29, 0.717) is 15.5 Å². The van der Waals surface area contributed by atoms with Crippen LogP contribution in [0.15, 0.2) is 97.1 Å². The molecular formula is C27H16IN3S. The fourth-order valence-electron chi connectivity index (χ4n) is 4.01. The van der Waals surface area contributed by atoms with Gasteiger partial charge in [0.25, 0.3) is 0 Å². The van der Waals surface area contributed by atoms with Crippen LogP contribution in [0.25, 0.3) is 54.1 Å². The van der Waals surface area contributed by atoms with Crippen LogP contribution in [0.2, 0.25) is 0 Å². The molecule has 0 aliphatic carbocycles. The van der Waals surface area contributed by atoms with Gasteiger partial charge < -0.3 is 0 Å². The molecule has 0 radical (unpaired) electrons. The first-order valence-electron chi connectivity index (χ1n) is 10.2. The fourth-order valence-corrected chi connectivity index (χ4v) is 5.61. The van der Waals surface area contributed by atoms with Gasteiger partial charge in [0.2, 0.25) is 0 Å². The Bertz CT molecular complexity index is 1590. The van der Waals surface area contributed by atoms with Crippen molar-refractivity contribution in [1.29, 1.82) is 0 Å². The molecule has 2 heterocycles. The minimum absolute atomic E-state index is 0.682. The molecule has 6 aromatic rings. The van der Waals surface area contributed by atoms with Gasteiger partial charge in [0, 0.05) is 53.9 Å². The number of rotatable bonds is 3. The zero-order chi connectivity index (χ0) is 21.5.